The Balaban J connectivity index is 1.01. The second-order valence-electron chi connectivity index (χ2n) is 17.6. The summed E-state index contributed by atoms with van der Waals surface area (Å²) >= 11 is 0. The van der Waals surface area contributed by atoms with Gasteiger partial charge in [0.05, 0.1) is 50.2 Å². The number of pyridine rings is 3. The predicted octanol–water partition coefficient (Wildman–Crippen LogP) is 15.4. The number of rotatable bonds is 5. The summed E-state index contributed by atoms with van der Waals surface area (Å²) < 4.78 is 6.92. The van der Waals surface area contributed by atoms with Crippen molar-refractivity contribution in [3.05, 3.63) is 225 Å². The lowest BCUT2D eigenvalue weighted by molar-refractivity contribution is 1.01. The van der Waals surface area contributed by atoms with E-state index in [1.165, 1.54) is 37.9 Å². The second-order valence-corrected chi connectivity index (χ2v) is 17.6. The van der Waals surface area contributed by atoms with Gasteiger partial charge in [-0.2, -0.15) is 0 Å². The van der Waals surface area contributed by atoms with E-state index in [0.717, 1.165) is 95.3 Å². The first-order valence-electron chi connectivity index (χ1n) is 23.0. The molecule has 0 saturated carbocycles. The Labute approximate surface area is 389 Å². The van der Waals surface area contributed by atoms with E-state index in [4.69, 9.17) is 15.0 Å². The zero-order chi connectivity index (χ0) is 44.5. The zero-order valence-corrected chi connectivity index (χ0v) is 36.5. The van der Waals surface area contributed by atoms with E-state index in [-0.39, 0.29) is 0 Å². The van der Waals surface area contributed by atoms with Crippen LogP contribution in [0.3, 0.4) is 0 Å². The molecule has 1 aliphatic heterocycles. The van der Waals surface area contributed by atoms with Gasteiger partial charge in [-0.3, -0.25) is 23.6 Å². The van der Waals surface area contributed by atoms with E-state index in [0.29, 0.717) is 0 Å². The molecule has 8 aromatic carbocycles. The summed E-state index contributed by atoms with van der Waals surface area (Å²) in [5.41, 5.74) is 13.0. The van der Waals surface area contributed by atoms with Crippen LogP contribution in [0.15, 0.2) is 225 Å². The number of anilines is 3. The average molecular weight is 868 g/mol. The molecule has 0 atom stereocenters. The molecule has 0 bridgehead atoms. The summed E-state index contributed by atoms with van der Waals surface area (Å²) in [6, 6.07) is 78.1. The highest BCUT2D eigenvalue weighted by Crippen LogP contribution is 2.53. The van der Waals surface area contributed by atoms with Crippen LogP contribution >= 0.6 is 0 Å². The molecular formula is C61H37N7. The number of hydrogen-bond donors (Lipinski definition) is 0. The number of hydrogen-bond acceptors (Lipinski definition) is 4. The fourth-order valence-electron chi connectivity index (χ4n) is 11.2. The average Bonchev–Trinajstić information content (AvgIpc) is 4.04. The van der Waals surface area contributed by atoms with Gasteiger partial charge in [0.2, 0.25) is 0 Å². The van der Waals surface area contributed by atoms with Crippen LogP contribution in [0.4, 0.5) is 17.2 Å². The minimum Gasteiger partial charge on any atom is -0.294 e. The van der Waals surface area contributed by atoms with Gasteiger partial charge in [-0.15, -0.1) is 0 Å². The highest BCUT2D eigenvalue weighted by atomic mass is 15.2. The van der Waals surface area contributed by atoms with Gasteiger partial charge in [0, 0.05) is 55.0 Å². The van der Waals surface area contributed by atoms with E-state index < -0.39 is 0 Å². The Bertz CT molecular complexity index is 4290. The topological polar surface area (TPSA) is 56.7 Å². The highest BCUT2D eigenvalue weighted by molar-refractivity contribution is 6.19. The molecule has 68 heavy (non-hydrogen) atoms. The van der Waals surface area contributed by atoms with Crippen molar-refractivity contribution in [1.82, 2.24) is 28.7 Å². The fraction of sp³-hybridized carbons (Fsp3) is 0. The van der Waals surface area contributed by atoms with E-state index in [1.807, 2.05) is 18.3 Å². The molecule has 0 N–H and O–H groups in total. The Kier molecular flexibility index (Phi) is 7.65. The number of para-hydroxylation sites is 4. The molecule has 0 radical (unpaired) electrons. The standard InChI is InChI=1S/C61H37N7/c1-5-23-49-40(17-1)41-18-2-6-24-50(41)65(49)57-28-13-30-59(63-57)67-53-33-32-39(48-22-9-10-34-62-48)35-45(53)47-36-46-44-21-11-15-38-16-12-27-54(61(38)44)68(55(46)37-56(47)67)60-31-14-29-58(64-60)66-51-25-7-3-19-42(51)43-20-4-8-26-52(43)66/h1-37H. The first kappa shape index (κ1) is 36.9. The van der Waals surface area contributed by atoms with Crippen LogP contribution in [-0.4, -0.2) is 28.7 Å². The summed E-state index contributed by atoms with van der Waals surface area (Å²) in [5.74, 6) is 3.37. The van der Waals surface area contributed by atoms with Crippen molar-refractivity contribution in [2.45, 2.75) is 0 Å². The van der Waals surface area contributed by atoms with Crippen LogP contribution in [0.1, 0.15) is 0 Å². The Morgan fingerprint density at radius 3 is 1.41 bits per heavy atom. The SMILES string of the molecule is c1ccc(-c2ccc3c(c2)c2cc4c(cc2n3-c2cccc(-n3c5ccccc5c5ccccc53)n2)N(c2cccc(-n3c5ccccc5c5ccccc53)n2)c2cccc3cccc-4c23)nc1. The van der Waals surface area contributed by atoms with Gasteiger partial charge >= 0.3 is 0 Å². The molecule has 7 heteroatoms. The largest absolute Gasteiger partial charge is 0.294 e. The molecule has 7 heterocycles. The fourth-order valence-corrected chi connectivity index (χ4v) is 11.2. The van der Waals surface area contributed by atoms with Crippen LogP contribution in [-0.2, 0) is 0 Å². The molecular weight excluding hydrogens is 831 g/mol. The first-order valence-corrected chi connectivity index (χ1v) is 23.0. The molecule has 0 spiro atoms. The molecule has 15 rings (SSSR count). The molecule has 7 nitrogen and oxygen atoms in total. The van der Waals surface area contributed by atoms with Crippen LogP contribution in [0.2, 0.25) is 0 Å². The maximum Gasteiger partial charge on any atom is 0.140 e. The van der Waals surface area contributed by atoms with Crippen LogP contribution in [0.25, 0.3) is 116 Å². The Morgan fingerprint density at radius 1 is 0.309 bits per heavy atom. The normalized spacial score (nSPS) is 12.4. The number of nitrogens with zero attached hydrogens (tertiary/aromatic N) is 7. The molecule has 0 fully saturated rings. The van der Waals surface area contributed by atoms with Crippen LogP contribution in [0, 0.1) is 0 Å². The van der Waals surface area contributed by atoms with Crippen molar-refractivity contribution in [2.24, 2.45) is 0 Å². The summed E-state index contributed by atoms with van der Waals surface area (Å²) in [7, 11) is 0. The maximum absolute atomic E-state index is 5.60. The molecule has 0 amide bonds. The quantitative estimate of drug-likeness (QED) is 0.173. The van der Waals surface area contributed by atoms with Gasteiger partial charge in [-0.25, -0.2) is 9.97 Å². The highest BCUT2D eigenvalue weighted by Gasteiger charge is 2.30. The van der Waals surface area contributed by atoms with Crippen molar-refractivity contribution in [1.29, 1.82) is 0 Å². The molecule has 1 aliphatic rings. The van der Waals surface area contributed by atoms with E-state index in [9.17, 15) is 0 Å². The van der Waals surface area contributed by atoms with Gasteiger partial charge < -0.3 is 0 Å². The number of benzene rings is 8. The lowest BCUT2D eigenvalue weighted by Crippen LogP contribution is -2.17. The smallest absolute Gasteiger partial charge is 0.140 e. The Hall–Kier alpha value is -9.33. The maximum atomic E-state index is 5.60. The van der Waals surface area contributed by atoms with E-state index >= 15 is 0 Å². The van der Waals surface area contributed by atoms with Gasteiger partial charge in [0.15, 0.2) is 0 Å². The van der Waals surface area contributed by atoms with E-state index in [2.05, 4.69) is 225 Å². The molecule has 0 saturated heterocycles. The van der Waals surface area contributed by atoms with Crippen molar-refractivity contribution in [2.75, 3.05) is 4.90 Å². The van der Waals surface area contributed by atoms with Crippen molar-refractivity contribution >= 4 is 93.4 Å². The Morgan fingerprint density at radius 2 is 0.809 bits per heavy atom. The van der Waals surface area contributed by atoms with Crippen LogP contribution < -0.4 is 4.90 Å². The molecule has 0 aliphatic carbocycles. The third-order valence-corrected chi connectivity index (χ3v) is 14.0. The monoisotopic (exact) mass is 867 g/mol. The lowest BCUT2D eigenvalue weighted by Gasteiger charge is -2.33. The van der Waals surface area contributed by atoms with Gasteiger partial charge in [0.25, 0.3) is 0 Å². The van der Waals surface area contributed by atoms with Gasteiger partial charge in [0.1, 0.15) is 23.3 Å². The summed E-state index contributed by atoms with van der Waals surface area (Å²) in [6.45, 7) is 0. The third kappa shape index (κ3) is 5.21. The van der Waals surface area contributed by atoms with Gasteiger partial charge in [-0.1, -0.05) is 127 Å². The lowest BCUT2D eigenvalue weighted by atomic mass is 9.90. The van der Waals surface area contributed by atoms with Crippen molar-refractivity contribution in [3.8, 4) is 39.8 Å². The number of fused-ring (bicyclic) bond motifs is 11. The first-order chi connectivity index (χ1) is 33.7. The van der Waals surface area contributed by atoms with Crippen molar-refractivity contribution < 1.29 is 0 Å². The molecule has 316 valence electrons. The summed E-state index contributed by atoms with van der Waals surface area (Å²) in [6.07, 6.45) is 1.86. The minimum atomic E-state index is 0.825. The molecule has 14 aromatic rings. The molecule has 0 unspecified atom stereocenters. The van der Waals surface area contributed by atoms with Crippen LogP contribution in [0.5, 0.6) is 0 Å². The predicted molar refractivity (Wildman–Crippen MR) is 279 cm³/mol. The third-order valence-electron chi connectivity index (χ3n) is 14.0. The van der Waals surface area contributed by atoms with Crippen molar-refractivity contribution in [3.63, 3.8) is 0 Å². The molecule has 6 aromatic heterocycles. The van der Waals surface area contributed by atoms with Gasteiger partial charge in [-0.05, 0) is 102 Å². The number of aromatic nitrogens is 6. The second kappa shape index (κ2) is 14.1. The minimum absolute atomic E-state index is 0.825. The van der Waals surface area contributed by atoms with E-state index in [1.54, 1.807) is 0 Å². The summed E-state index contributed by atoms with van der Waals surface area (Å²) in [4.78, 5) is 18.3. The zero-order valence-electron chi connectivity index (χ0n) is 36.5. The summed E-state index contributed by atoms with van der Waals surface area (Å²) in [5, 5.41) is 9.44.